The van der Waals surface area contributed by atoms with E-state index in [1.807, 2.05) is 30.3 Å². The Morgan fingerprint density at radius 2 is 1.87 bits per heavy atom. The van der Waals surface area contributed by atoms with Crippen molar-refractivity contribution in [2.45, 2.75) is 17.4 Å². The molecule has 9 heteroatoms. The summed E-state index contributed by atoms with van der Waals surface area (Å²) in [6.07, 6.45) is 1.95. The van der Waals surface area contributed by atoms with E-state index in [1.54, 1.807) is 29.2 Å². The Hall–Kier alpha value is -3.59. The van der Waals surface area contributed by atoms with Crippen LogP contribution in [0.5, 0.6) is 0 Å². The molecule has 0 radical (unpaired) electrons. The Bertz CT molecular complexity index is 1260. The van der Waals surface area contributed by atoms with Crippen molar-refractivity contribution in [1.82, 2.24) is 9.62 Å². The first-order valence-electron chi connectivity index (χ1n) is 9.81. The van der Waals surface area contributed by atoms with Gasteiger partial charge in [-0.05, 0) is 47.9 Å². The number of rotatable bonds is 4. The summed E-state index contributed by atoms with van der Waals surface area (Å²) in [4.78, 5) is 26.7. The third-order valence-electron chi connectivity index (χ3n) is 5.59. The van der Waals surface area contributed by atoms with E-state index in [0.29, 0.717) is 18.7 Å². The first-order chi connectivity index (χ1) is 14.9. The summed E-state index contributed by atoms with van der Waals surface area (Å²) in [6.45, 7) is 0.448. The molecule has 3 amide bonds. The molecule has 1 N–H and O–H groups in total. The number of carbonyl (C=O) groups excluding carboxylic acids is 2. The molecule has 2 aliphatic rings. The highest BCUT2D eigenvalue weighted by molar-refractivity contribution is 7.89. The molecule has 5 rings (SSSR count). The summed E-state index contributed by atoms with van der Waals surface area (Å²) in [6, 6.07) is 16.0. The van der Waals surface area contributed by atoms with Gasteiger partial charge in [-0.25, -0.2) is 17.5 Å². The molecule has 0 spiro atoms. The van der Waals surface area contributed by atoms with E-state index >= 15 is 0 Å². The molecule has 2 aromatic carbocycles. The highest BCUT2D eigenvalue weighted by Gasteiger charge is 2.39. The molecule has 1 atom stereocenters. The van der Waals surface area contributed by atoms with E-state index in [2.05, 4.69) is 5.32 Å². The number of carbonyl (C=O) groups is 2. The predicted octanol–water partition coefficient (Wildman–Crippen LogP) is 2.94. The molecular weight excluding hydrogens is 418 g/mol. The molecule has 3 aromatic rings. The van der Waals surface area contributed by atoms with Gasteiger partial charge in [0.15, 0.2) is 5.76 Å². The summed E-state index contributed by atoms with van der Waals surface area (Å²) in [5.41, 5.74) is 2.23. The number of urea groups is 1. The van der Waals surface area contributed by atoms with E-state index in [9.17, 15) is 18.0 Å². The van der Waals surface area contributed by atoms with Gasteiger partial charge in [-0.3, -0.25) is 4.79 Å². The number of amides is 3. The van der Waals surface area contributed by atoms with E-state index in [-0.39, 0.29) is 23.1 Å². The molecule has 3 heterocycles. The number of benzene rings is 2. The van der Waals surface area contributed by atoms with Gasteiger partial charge in [0.05, 0.1) is 23.7 Å². The fourth-order valence-electron chi connectivity index (χ4n) is 4.01. The van der Waals surface area contributed by atoms with Crippen LogP contribution in [0, 0.1) is 0 Å². The van der Waals surface area contributed by atoms with Gasteiger partial charge in [0.1, 0.15) is 0 Å². The maximum atomic E-state index is 13.2. The highest BCUT2D eigenvalue weighted by atomic mass is 32.2. The van der Waals surface area contributed by atoms with Crippen LogP contribution in [0.4, 0.5) is 10.5 Å². The zero-order valence-electron chi connectivity index (χ0n) is 16.4. The molecule has 8 nitrogen and oxygen atoms in total. The van der Waals surface area contributed by atoms with Gasteiger partial charge in [-0.15, -0.1) is 0 Å². The van der Waals surface area contributed by atoms with Gasteiger partial charge < -0.3 is 14.6 Å². The van der Waals surface area contributed by atoms with E-state index in [0.717, 1.165) is 15.4 Å². The van der Waals surface area contributed by atoms with Crippen molar-refractivity contribution in [2.75, 3.05) is 18.0 Å². The summed E-state index contributed by atoms with van der Waals surface area (Å²) < 4.78 is 32.4. The number of fused-ring (bicyclic) bond motifs is 1. The Labute approximate surface area is 179 Å². The smallest absolute Gasteiger partial charge is 0.331 e. The Kier molecular flexibility index (Phi) is 4.55. The van der Waals surface area contributed by atoms with Crippen LogP contribution in [0.15, 0.2) is 76.2 Å². The van der Waals surface area contributed by atoms with Crippen LogP contribution < -0.4 is 10.2 Å². The highest BCUT2D eigenvalue weighted by Crippen LogP contribution is 2.33. The summed E-state index contributed by atoms with van der Waals surface area (Å²) in [5, 5.41) is 2.73. The maximum Gasteiger partial charge on any atom is 0.331 e. The van der Waals surface area contributed by atoms with Crippen LogP contribution in [0.2, 0.25) is 0 Å². The standard InChI is InChI=1S/C22H19N3O5S/c26-21(20-7-4-12-30-20)24-11-10-16-13-17(8-9-19(16)24)31(28,29)25-14-18(23-22(25)27)15-5-2-1-3-6-15/h1-9,12-13,18H,10-11,14H2,(H,23,27). The van der Waals surface area contributed by atoms with E-state index in [4.69, 9.17) is 4.42 Å². The summed E-state index contributed by atoms with van der Waals surface area (Å²) in [5.74, 6) is -0.0470. The lowest BCUT2D eigenvalue weighted by atomic mass is 10.1. The van der Waals surface area contributed by atoms with Gasteiger partial charge in [0.2, 0.25) is 0 Å². The zero-order valence-corrected chi connectivity index (χ0v) is 17.2. The average Bonchev–Trinajstić information content (AvgIpc) is 3.53. The van der Waals surface area contributed by atoms with Crippen molar-refractivity contribution in [3.63, 3.8) is 0 Å². The first-order valence-corrected chi connectivity index (χ1v) is 11.3. The fraction of sp³-hybridized carbons (Fsp3) is 0.182. The molecule has 0 bridgehead atoms. The number of hydrogen-bond donors (Lipinski definition) is 1. The lowest BCUT2D eigenvalue weighted by Gasteiger charge is -2.18. The van der Waals surface area contributed by atoms with Crippen LogP contribution in [0.3, 0.4) is 0 Å². The van der Waals surface area contributed by atoms with Crippen LogP contribution >= 0.6 is 0 Å². The predicted molar refractivity (Wildman–Crippen MR) is 112 cm³/mol. The first kappa shape index (κ1) is 19.4. The fourth-order valence-corrected chi connectivity index (χ4v) is 5.41. The number of furan rings is 1. The number of anilines is 1. The molecule has 1 unspecified atom stereocenters. The third-order valence-corrected chi connectivity index (χ3v) is 7.33. The average molecular weight is 437 g/mol. The van der Waals surface area contributed by atoms with Gasteiger partial charge in [-0.2, -0.15) is 0 Å². The molecule has 2 aliphatic heterocycles. The Balaban J connectivity index is 1.41. The van der Waals surface area contributed by atoms with Crippen molar-refractivity contribution in [1.29, 1.82) is 0 Å². The number of nitrogens with one attached hydrogen (secondary N) is 1. The molecule has 0 saturated carbocycles. The second-order valence-electron chi connectivity index (χ2n) is 7.42. The van der Waals surface area contributed by atoms with Crippen LogP contribution in [-0.4, -0.2) is 37.8 Å². The normalized spacial score (nSPS) is 18.2. The van der Waals surface area contributed by atoms with E-state index in [1.165, 1.54) is 12.3 Å². The van der Waals surface area contributed by atoms with Crippen molar-refractivity contribution in [3.05, 3.63) is 83.8 Å². The van der Waals surface area contributed by atoms with Gasteiger partial charge in [0.25, 0.3) is 15.9 Å². The molecule has 31 heavy (non-hydrogen) atoms. The van der Waals surface area contributed by atoms with Gasteiger partial charge in [0, 0.05) is 12.2 Å². The van der Waals surface area contributed by atoms with Crippen LogP contribution in [0.25, 0.3) is 0 Å². The van der Waals surface area contributed by atoms with Crippen molar-refractivity contribution in [3.8, 4) is 0 Å². The minimum atomic E-state index is -4.03. The van der Waals surface area contributed by atoms with Crippen LogP contribution in [-0.2, 0) is 16.4 Å². The lowest BCUT2D eigenvalue weighted by molar-refractivity contribution is 0.0962. The van der Waals surface area contributed by atoms with Crippen molar-refractivity contribution >= 4 is 27.6 Å². The second-order valence-corrected chi connectivity index (χ2v) is 9.29. The van der Waals surface area contributed by atoms with Gasteiger partial charge >= 0.3 is 6.03 Å². The second kappa shape index (κ2) is 7.28. The third kappa shape index (κ3) is 3.27. The lowest BCUT2D eigenvalue weighted by Crippen LogP contribution is -2.34. The molecule has 1 aromatic heterocycles. The molecule has 1 fully saturated rings. The van der Waals surface area contributed by atoms with Crippen LogP contribution in [0.1, 0.15) is 27.7 Å². The monoisotopic (exact) mass is 437 g/mol. The SMILES string of the molecule is O=C(c1ccco1)N1CCc2cc(S(=O)(=O)N3CC(c4ccccc4)NC3=O)ccc21. The Morgan fingerprint density at radius 3 is 2.61 bits per heavy atom. The molecule has 1 saturated heterocycles. The summed E-state index contributed by atoms with van der Waals surface area (Å²) in [7, 11) is -4.03. The molecule has 0 aliphatic carbocycles. The molecule has 158 valence electrons. The number of sulfonamides is 1. The quantitative estimate of drug-likeness (QED) is 0.677. The molecular formula is C22H19N3O5S. The minimum absolute atomic E-state index is 0.0192. The Morgan fingerprint density at radius 1 is 1.06 bits per heavy atom. The van der Waals surface area contributed by atoms with Crippen molar-refractivity contribution < 1.29 is 22.4 Å². The minimum Gasteiger partial charge on any atom is -0.459 e. The largest absolute Gasteiger partial charge is 0.459 e. The number of hydrogen-bond acceptors (Lipinski definition) is 5. The van der Waals surface area contributed by atoms with Gasteiger partial charge in [-0.1, -0.05) is 30.3 Å². The maximum absolute atomic E-state index is 13.2. The topological polar surface area (TPSA) is 99.9 Å². The van der Waals surface area contributed by atoms with Crippen molar-refractivity contribution in [2.24, 2.45) is 0 Å². The zero-order chi connectivity index (χ0) is 21.6. The van der Waals surface area contributed by atoms with E-state index < -0.39 is 22.1 Å². The number of nitrogens with zero attached hydrogens (tertiary/aromatic N) is 2. The summed E-state index contributed by atoms with van der Waals surface area (Å²) >= 11 is 0.